The molecule has 1 aromatic heterocycles. The largest absolute Gasteiger partial charge is 0.445 e. The molecule has 0 saturated heterocycles. The second-order valence-corrected chi connectivity index (χ2v) is 10.3. The van der Waals surface area contributed by atoms with Crippen LogP contribution in [0.5, 0.6) is 0 Å². The number of amides is 1. The lowest BCUT2D eigenvalue weighted by molar-refractivity contribution is 0.0985. The molecule has 0 saturated carbocycles. The van der Waals surface area contributed by atoms with Crippen molar-refractivity contribution in [2.75, 3.05) is 13.2 Å². The summed E-state index contributed by atoms with van der Waals surface area (Å²) in [5.74, 6) is 0.563. The molecule has 2 heterocycles. The van der Waals surface area contributed by atoms with Crippen molar-refractivity contribution in [2.24, 2.45) is 0 Å². The minimum atomic E-state index is -1.68. The third-order valence-corrected chi connectivity index (χ3v) is 5.88. The third kappa shape index (κ3) is 5.35. The van der Waals surface area contributed by atoms with E-state index in [0.29, 0.717) is 30.0 Å². The number of fused-ring (bicyclic) bond motifs is 1. The smallest absolute Gasteiger partial charge is 0.410 e. The summed E-state index contributed by atoms with van der Waals surface area (Å²) in [4.78, 5) is 32.3. The van der Waals surface area contributed by atoms with Crippen LogP contribution in [0, 0.1) is 6.92 Å². The molecule has 2 aromatic carbocycles. The number of hydrogen-bond acceptors (Lipinski definition) is 4. The Bertz CT molecular complexity index is 1160. The molecule has 33 heavy (non-hydrogen) atoms. The summed E-state index contributed by atoms with van der Waals surface area (Å²) in [5, 5.41) is 0. The second-order valence-electron chi connectivity index (χ2n) is 7.82. The monoisotopic (exact) mass is 505 g/mol. The molecule has 0 fully saturated rings. The maximum absolute atomic E-state index is 13.7. The quantitative estimate of drug-likeness (QED) is 0.464. The molecular weight excluding hydrogens is 485 g/mol. The van der Waals surface area contributed by atoms with Crippen molar-refractivity contribution in [3.63, 3.8) is 0 Å². The van der Waals surface area contributed by atoms with Gasteiger partial charge >= 0.3 is 6.09 Å². The summed E-state index contributed by atoms with van der Waals surface area (Å²) in [7, 11) is 0. The molecule has 0 bridgehead atoms. The molecule has 3 aromatic rings. The molecule has 9 heteroatoms. The zero-order chi connectivity index (χ0) is 23.6. The Labute approximate surface area is 206 Å². The van der Waals surface area contributed by atoms with Gasteiger partial charge < -0.3 is 9.64 Å². The van der Waals surface area contributed by atoms with E-state index in [1.165, 1.54) is 4.90 Å². The van der Waals surface area contributed by atoms with E-state index < -0.39 is 9.89 Å². The average molecular weight is 507 g/mol. The van der Waals surface area contributed by atoms with Crippen molar-refractivity contribution in [1.82, 2.24) is 14.5 Å². The maximum atomic E-state index is 13.7. The topological polar surface area (TPSA) is 64.4 Å². The van der Waals surface area contributed by atoms with Gasteiger partial charge in [-0.2, -0.15) is 0 Å². The third-order valence-electron chi connectivity index (χ3n) is 5.55. The van der Waals surface area contributed by atoms with Crippen molar-refractivity contribution in [3.8, 4) is 0 Å². The van der Waals surface area contributed by atoms with Crippen LogP contribution in [0.1, 0.15) is 34.3 Å². The molecule has 0 N–H and O–H groups in total. The van der Waals surface area contributed by atoms with Crippen LogP contribution in [-0.2, 0) is 17.7 Å². The summed E-state index contributed by atoms with van der Waals surface area (Å²) in [6, 6.07) is 19.4. The number of nitrogens with zero attached hydrogens (tertiary/aromatic N) is 3. The number of ether oxygens (including phenoxy) is 1. The highest BCUT2D eigenvalue weighted by Crippen LogP contribution is 2.28. The van der Waals surface area contributed by atoms with Gasteiger partial charge in [0.05, 0.1) is 18.3 Å². The van der Waals surface area contributed by atoms with Crippen LogP contribution in [0.2, 0.25) is 0 Å². The Balaban J connectivity index is 1.70. The highest BCUT2D eigenvalue weighted by Gasteiger charge is 2.30. The molecule has 0 spiro atoms. The van der Waals surface area contributed by atoms with E-state index in [-0.39, 0.29) is 24.8 Å². The SMILES string of the molecule is Cc1nc2c(c(=O)n1C(c1ccccc1)c1ccccc1)CCN(C(=O)OCC(Cl)(Cl)Cl)C2. The molecule has 172 valence electrons. The lowest BCUT2D eigenvalue weighted by Crippen LogP contribution is -2.42. The van der Waals surface area contributed by atoms with Crippen LogP contribution in [0.25, 0.3) is 0 Å². The Morgan fingerprint density at radius 2 is 1.64 bits per heavy atom. The van der Waals surface area contributed by atoms with E-state index in [4.69, 9.17) is 44.5 Å². The lowest BCUT2D eigenvalue weighted by atomic mass is 9.97. The van der Waals surface area contributed by atoms with Crippen molar-refractivity contribution >= 4 is 40.9 Å². The van der Waals surface area contributed by atoms with Crippen LogP contribution in [-0.4, -0.2) is 37.5 Å². The molecule has 1 aliphatic rings. The zero-order valence-electron chi connectivity index (χ0n) is 17.9. The highest BCUT2D eigenvalue weighted by atomic mass is 35.6. The number of benzene rings is 2. The Morgan fingerprint density at radius 3 is 2.18 bits per heavy atom. The fraction of sp³-hybridized carbons (Fsp3) is 0.292. The van der Waals surface area contributed by atoms with E-state index in [9.17, 15) is 9.59 Å². The normalized spacial score (nSPS) is 13.7. The number of alkyl halides is 3. The zero-order valence-corrected chi connectivity index (χ0v) is 20.1. The van der Waals surface area contributed by atoms with Crippen LogP contribution < -0.4 is 5.56 Å². The van der Waals surface area contributed by atoms with Gasteiger partial charge in [-0.3, -0.25) is 9.36 Å². The molecular formula is C24H22Cl3N3O3. The molecule has 1 aliphatic heterocycles. The molecule has 0 radical (unpaired) electrons. The number of aryl methyl sites for hydroxylation is 1. The number of halogens is 3. The van der Waals surface area contributed by atoms with Crippen molar-refractivity contribution in [3.05, 3.63) is 99.2 Å². The molecule has 0 unspecified atom stereocenters. The van der Waals surface area contributed by atoms with Crippen molar-refractivity contribution in [2.45, 2.75) is 29.7 Å². The van der Waals surface area contributed by atoms with Crippen molar-refractivity contribution in [1.29, 1.82) is 0 Å². The van der Waals surface area contributed by atoms with E-state index >= 15 is 0 Å². The Morgan fingerprint density at radius 1 is 1.06 bits per heavy atom. The first-order chi connectivity index (χ1) is 15.7. The lowest BCUT2D eigenvalue weighted by Gasteiger charge is -2.30. The van der Waals surface area contributed by atoms with Gasteiger partial charge in [0.2, 0.25) is 3.79 Å². The van der Waals surface area contributed by atoms with Crippen LogP contribution in [0.15, 0.2) is 65.5 Å². The predicted molar refractivity (Wildman–Crippen MR) is 129 cm³/mol. The van der Waals surface area contributed by atoms with Crippen LogP contribution >= 0.6 is 34.8 Å². The molecule has 4 rings (SSSR count). The van der Waals surface area contributed by atoms with Gasteiger partial charge in [0.25, 0.3) is 5.56 Å². The van der Waals surface area contributed by atoms with Crippen molar-refractivity contribution < 1.29 is 9.53 Å². The van der Waals surface area contributed by atoms with Gasteiger partial charge in [-0.05, 0) is 24.5 Å². The van der Waals surface area contributed by atoms with Gasteiger partial charge in [0, 0.05) is 12.1 Å². The van der Waals surface area contributed by atoms with E-state index in [2.05, 4.69) is 0 Å². The van der Waals surface area contributed by atoms with Gasteiger partial charge in [-0.25, -0.2) is 9.78 Å². The summed E-state index contributed by atoms with van der Waals surface area (Å²) in [6.45, 7) is 1.92. The van der Waals surface area contributed by atoms with E-state index in [1.54, 1.807) is 11.5 Å². The molecule has 0 aliphatic carbocycles. The number of carbonyl (C=O) groups is 1. The van der Waals surface area contributed by atoms with Gasteiger partial charge in [-0.1, -0.05) is 95.5 Å². The Kier molecular flexibility index (Phi) is 6.98. The Hall–Kier alpha value is -2.54. The summed E-state index contributed by atoms with van der Waals surface area (Å²) in [5.41, 5.74) is 3.03. The summed E-state index contributed by atoms with van der Waals surface area (Å²) in [6.07, 6.45) is -0.247. The first-order valence-electron chi connectivity index (χ1n) is 10.4. The van der Waals surface area contributed by atoms with E-state index in [1.807, 2.05) is 60.7 Å². The molecule has 6 nitrogen and oxygen atoms in total. The molecule has 0 atom stereocenters. The maximum Gasteiger partial charge on any atom is 0.410 e. The summed E-state index contributed by atoms with van der Waals surface area (Å²) < 4.78 is 5.13. The standard InChI is InChI=1S/C24H22Cl3N3O3/c1-16-28-20-14-29(23(32)33-15-24(25,26)27)13-12-19(20)22(31)30(16)21(17-8-4-2-5-9-17)18-10-6-3-7-11-18/h2-11,21H,12-15H2,1H3. The number of rotatable bonds is 4. The second kappa shape index (κ2) is 9.75. The minimum absolute atomic E-state index is 0.107. The fourth-order valence-electron chi connectivity index (χ4n) is 4.08. The highest BCUT2D eigenvalue weighted by molar-refractivity contribution is 6.67. The first kappa shape index (κ1) is 23.6. The van der Waals surface area contributed by atoms with Gasteiger partial charge in [-0.15, -0.1) is 0 Å². The first-order valence-corrected chi connectivity index (χ1v) is 11.6. The van der Waals surface area contributed by atoms with Crippen LogP contribution in [0.3, 0.4) is 0 Å². The molecule has 1 amide bonds. The van der Waals surface area contributed by atoms with Crippen LogP contribution in [0.4, 0.5) is 4.79 Å². The predicted octanol–water partition coefficient (Wildman–Crippen LogP) is 5.05. The summed E-state index contributed by atoms with van der Waals surface area (Å²) >= 11 is 17.0. The van der Waals surface area contributed by atoms with Gasteiger partial charge in [0.15, 0.2) is 0 Å². The fourth-order valence-corrected chi connectivity index (χ4v) is 4.24. The number of carbonyl (C=O) groups excluding carboxylic acids is 1. The number of aromatic nitrogens is 2. The average Bonchev–Trinajstić information content (AvgIpc) is 2.80. The number of hydrogen-bond donors (Lipinski definition) is 0. The van der Waals surface area contributed by atoms with E-state index in [0.717, 1.165) is 11.1 Å². The minimum Gasteiger partial charge on any atom is -0.445 e. The van der Waals surface area contributed by atoms with Gasteiger partial charge in [0.1, 0.15) is 12.4 Å².